The minimum atomic E-state index is -2.90. The normalized spacial score (nSPS) is 10.4. The van der Waals surface area contributed by atoms with Crippen LogP contribution in [0.15, 0.2) is 24.3 Å². The zero-order valence-corrected chi connectivity index (χ0v) is 12.8. The van der Waals surface area contributed by atoms with Crippen LogP contribution in [0.25, 0.3) is 0 Å². The molecule has 0 aliphatic rings. The van der Waals surface area contributed by atoms with Crippen molar-refractivity contribution in [3.8, 4) is 5.75 Å². The van der Waals surface area contributed by atoms with E-state index in [4.69, 9.17) is 4.84 Å². The van der Waals surface area contributed by atoms with Gasteiger partial charge in [-0.1, -0.05) is 19.8 Å². The van der Waals surface area contributed by atoms with E-state index in [1.165, 1.54) is 24.3 Å². The molecule has 0 radical (unpaired) electrons. The van der Waals surface area contributed by atoms with Gasteiger partial charge in [0.25, 0.3) is 5.91 Å². The fourth-order valence-corrected chi connectivity index (χ4v) is 1.69. The Morgan fingerprint density at radius 1 is 1.13 bits per heavy atom. The first-order valence-corrected chi connectivity index (χ1v) is 7.26. The lowest BCUT2D eigenvalue weighted by molar-refractivity contribution is -0.137. The van der Waals surface area contributed by atoms with Gasteiger partial charge in [-0.2, -0.15) is 8.78 Å². The number of rotatable bonds is 10. The Labute approximate surface area is 133 Å². The number of anilines is 1. The summed E-state index contributed by atoms with van der Waals surface area (Å²) in [6, 6.07) is 5.44. The number of carbonyl (C=O) groups excluding carboxylic acids is 2. The molecule has 0 saturated carbocycles. The Balaban J connectivity index is 2.24. The van der Waals surface area contributed by atoms with Crippen molar-refractivity contribution in [1.82, 2.24) is 5.48 Å². The molecule has 0 bridgehead atoms. The first-order valence-electron chi connectivity index (χ1n) is 7.26. The van der Waals surface area contributed by atoms with Crippen LogP contribution in [0.2, 0.25) is 0 Å². The van der Waals surface area contributed by atoms with E-state index >= 15 is 0 Å². The van der Waals surface area contributed by atoms with Gasteiger partial charge in [-0.25, -0.2) is 5.48 Å². The molecule has 1 rings (SSSR count). The third-order valence-electron chi connectivity index (χ3n) is 2.76. The highest BCUT2D eigenvalue weighted by molar-refractivity contribution is 5.91. The molecule has 0 fully saturated rings. The molecule has 0 atom stereocenters. The Morgan fingerprint density at radius 2 is 1.83 bits per heavy atom. The number of hydrogen-bond acceptors (Lipinski definition) is 4. The maximum Gasteiger partial charge on any atom is 0.387 e. The second-order valence-electron chi connectivity index (χ2n) is 4.72. The Bertz CT molecular complexity index is 495. The molecule has 0 unspecified atom stereocenters. The molecular formula is C15H20F2N2O4. The lowest BCUT2D eigenvalue weighted by atomic mass is 10.2. The second kappa shape index (κ2) is 10.5. The number of ether oxygens (including phenoxy) is 1. The summed E-state index contributed by atoms with van der Waals surface area (Å²) >= 11 is 0. The van der Waals surface area contributed by atoms with Crippen LogP contribution in [0.1, 0.15) is 32.6 Å². The number of alkyl halides is 2. The third kappa shape index (κ3) is 8.72. The van der Waals surface area contributed by atoms with Gasteiger partial charge in [0, 0.05) is 12.1 Å². The third-order valence-corrected chi connectivity index (χ3v) is 2.76. The summed E-state index contributed by atoms with van der Waals surface area (Å²) in [5.41, 5.74) is 2.58. The van der Waals surface area contributed by atoms with Crippen molar-refractivity contribution >= 4 is 17.5 Å². The van der Waals surface area contributed by atoms with E-state index in [0.29, 0.717) is 12.1 Å². The smallest absolute Gasteiger partial charge is 0.387 e. The van der Waals surface area contributed by atoms with Gasteiger partial charge in [0.1, 0.15) is 5.75 Å². The number of nitrogens with one attached hydrogen (secondary N) is 2. The van der Waals surface area contributed by atoms with Gasteiger partial charge < -0.3 is 10.1 Å². The monoisotopic (exact) mass is 330 g/mol. The summed E-state index contributed by atoms with van der Waals surface area (Å²) in [5.74, 6) is -0.769. The van der Waals surface area contributed by atoms with Gasteiger partial charge in [-0.05, 0) is 30.7 Å². The molecule has 8 heteroatoms. The van der Waals surface area contributed by atoms with Crippen LogP contribution < -0.4 is 15.5 Å². The zero-order valence-electron chi connectivity index (χ0n) is 12.8. The number of benzene rings is 1. The van der Waals surface area contributed by atoms with E-state index in [9.17, 15) is 18.4 Å². The van der Waals surface area contributed by atoms with E-state index in [-0.39, 0.29) is 18.3 Å². The molecule has 0 heterocycles. The second-order valence-corrected chi connectivity index (χ2v) is 4.72. The summed E-state index contributed by atoms with van der Waals surface area (Å²) in [6.07, 6.45) is 3.09. The van der Waals surface area contributed by atoms with Gasteiger partial charge in [0.2, 0.25) is 5.91 Å². The molecule has 128 valence electrons. The predicted molar refractivity (Wildman–Crippen MR) is 79.9 cm³/mol. The van der Waals surface area contributed by atoms with Crippen LogP contribution in [0.5, 0.6) is 5.75 Å². The first kappa shape index (κ1) is 18.8. The molecule has 6 nitrogen and oxygen atoms in total. The zero-order chi connectivity index (χ0) is 17.1. The highest BCUT2D eigenvalue weighted by Crippen LogP contribution is 2.17. The lowest BCUT2D eigenvalue weighted by Gasteiger charge is -2.08. The number of hydroxylamine groups is 1. The number of halogens is 2. The lowest BCUT2D eigenvalue weighted by Crippen LogP contribution is -2.28. The van der Waals surface area contributed by atoms with Crippen LogP contribution in [-0.4, -0.2) is 25.0 Å². The summed E-state index contributed by atoms with van der Waals surface area (Å²) in [5, 5.41) is 2.49. The Morgan fingerprint density at radius 3 is 2.43 bits per heavy atom. The van der Waals surface area contributed by atoms with Crippen molar-refractivity contribution in [2.75, 3.05) is 11.9 Å². The molecule has 23 heavy (non-hydrogen) atoms. The minimum absolute atomic E-state index is 0.00593. The van der Waals surface area contributed by atoms with Crippen LogP contribution in [0.3, 0.4) is 0 Å². The van der Waals surface area contributed by atoms with Crippen molar-refractivity contribution < 1.29 is 27.9 Å². The first-order chi connectivity index (χ1) is 11.0. The molecule has 2 amide bonds. The average molecular weight is 330 g/mol. The van der Waals surface area contributed by atoms with Gasteiger partial charge in [-0.15, -0.1) is 0 Å². The van der Waals surface area contributed by atoms with Gasteiger partial charge in [0.15, 0.2) is 6.61 Å². The van der Waals surface area contributed by atoms with E-state index in [0.717, 1.165) is 19.3 Å². The standard InChI is InChI=1S/C15H20F2N2O4/c1-2-3-4-5-13(20)19-22-10-14(21)18-11-6-8-12(9-7-11)23-15(16)17/h6-9,15H,2-5,10H2,1H3,(H,18,21)(H,19,20). The number of amides is 2. The Kier molecular flexibility index (Phi) is 8.59. The summed E-state index contributed by atoms with van der Waals surface area (Å²) in [4.78, 5) is 27.7. The molecule has 2 N–H and O–H groups in total. The Hall–Kier alpha value is -2.22. The number of hydrogen-bond donors (Lipinski definition) is 2. The SMILES string of the molecule is CCCCCC(=O)NOCC(=O)Nc1ccc(OC(F)F)cc1. The maximum atomic E-state index is 12.0. The van der Waals surface area contributed by atoms with Crippen LogP contribution in [0.4, 0.5) is 14.5 Å². The van der Waals surface area contributed by atoms with Crippen molar-refractivity contribution in [1.29, 1.82) is 0 Å². The van der Waals surface area contributed by atoms with Gasteiger partial charge >= 0.3 is 6.61 Å². The largest absolute Gasteiger partial charge is 0.435 e. The summed E-state index contributed by atoms with van der Waals surface area (Å²) < 4.78 is 28.2. The van der Waals surface area contributed by atoms with Gasteiger partial charge in [-0.3, -0.25) is 14.4 Å². The number of carbonyl (C=O) groups is 2. The highest BCUT2D eigenvalue weighted by Gasteiger charge is 2.07. The van der Waals surface area contributed by atoms with E-state index in [1.807, 2.05) is 6.92 Å². The fourth-order valence-electron chi connectivity index (χ4n) is 1.69. The molecule has 1 aromatic carbocycles. The maximum absolute atomic E-state index is 12.0. The van der Waals surface area contributed by atoms with Crippen molar-refractivity contribution in [3.63, 3.8) is 0 Å². The number of unbranched alkanes of at least 4 members (excludes halogenated alkanes) is 2. The highest BCUT2D eigenvalue weighted by atomic mass is 19.3. The van der Waals surface area contributed by atoms with E-state index < -0.39 is 12.5 Å². The molecule has 0 saturated heterocycles. The van der Waals surface area contributed by atoms with Crippen LogP contribution in [-0.2, 0) is 14.4 Å². The topological polar surface area (TPSA) is 76.7 Å². The van der Waals surface area contributed by atoms with Crippen LogP contribution >= 0.6 is 0 Å². The van der Waals surface area contributed by atoms with Crippen LogP contribution in [0, 0.1) is 0 Å². The molecule has 0 aliphatic heterocycles. The average Bonchev–Trinajstić information content (AvgIpc) is 2.49. The van der Waals surface area contributed by atoms with Crippen molar-refractivity contribution in [2.24, 2.45) is 0 Å². The summed E-state index contributed by atoms with van der Waals surface area (Å²) in [6.45, 7) is -1.22. The van der Waals surface area contributed by atoms with Gasteiger partial charge in [0.05, 0.1) is 0 Å². The van der Waals surface area contributed by atoms with Crippen molar-refractivity contribution in [3.05, 3.63) is 24.3 Å². The fraction of sp³-hybridized carbons (Fsp3) is 0.467. The minimum Gasteiger partial charge on any atom is -0.435 e. The molecule has 0 aromatic heterocycles. The van der Waals surface area contributed by atoms with Crippen molar-refractivity contribution in [2.45, 2.75) is 39.2 Å². The predicted octanol–water partition coefficient (Wildman–Crippen LogP) is 2.85. The molecule has 0 spiro atoms. The van der Waals surface area contributed by atoms with E-state index in [1.54, 1.807) is 0 Å². The molecule has 0 aliphatic carbocycles. The molecule has 1 aromatic rings. The summed E-state index contributed by atoms with van der Waals surface area (Å²) in [7, 11) is 0. The quantitative estimate of drug-likeness (QED) is 0.511. The van der Waals surface area contributed by atoms with E-state index in [2.05, 4.69) is 15.5 Å². The molecular weight excluding hydrogens is 310 g/mol.